The zero-order chi connectivity index (χ0) is 11.3. The van der Waals surface area contributed by atoms with E-state index in [-0.39, 0.29) is 5.91 Å². The third kappa shape index (κ3) is 4.12. The van der Waals surface area contributed by atoms with Gasteiger partial charge in [0.05, 0.1) is 6.10 Å². The summed E-state index contributed by atoms with van der Waals surface area (Å²) < 4.78 is 1.72. The molecule has 84 valence electrons. The predicted molar refractivity (Wildman–Crippen MR) is 56.2 cm³/mol. The number of likely N-dealkylation sites (N-methyl/N-ethyl adjacent to an activating group) is 1. The van der Waals surface area contributed by atoms with Gasteiger partial charge in [-0.15, -0.1) is 0 Å². The summed E-state index contributed by atoms with van der Waals surface area (Å²) in [6.45, 7) is 2.62. The molecule has 1 amide bonds. The first kappa shape index (κ1) is 11.7. The Labute approximate surface area is 89.3 Å². The van der Waals surface area contributed by atoms with Crippen molar-refractivity contribution in [3.8, 4) is 0 Å². The molecule has 0 aromatic carbocycles. The molecule has 1 N–H and O–H groups in total. The van der Waals surface area contributed by atoms with Crippen LogP contribution in [0.2, 0.25) is 0 Å². The first-order chi connectivity index (χ1) is 7.09. The molecule has 0 fully saturated rings. The largest absolute Gasteiger partial charge is 0.392 e. The van der Waals surface area contributed by atoms with Crippen LogP contribution in [0.3, 0.4) is 0 Å². The highest BCUT2D eigenvalue weighted by atomic mass is 16.3. The van der Waals surface area contributed by atoms with Crippen molar-refractivity contribution in [3.05, 3.63) is 18.5 Å². The van der Waals surface area contributed by atoms with Gasteiger partial charge in [0, 0.05) is 39.0 Å². The lowest BCUT2D eigenvalue weighted by molar-refractivity contribution is -0.131. The van der Waals surface area contributed by atoms with Crippen LogP contribution >= 0.6 is 0 Å². The molecule has 0 bridgehead atoms. The van der Waals surface area contributed by atoms with Crippen molar-refractivity contribution in [1.82, 2.24) is 14.7 Å². The summed E-state index contributed by atoms with van der Waals surface area (Å²) >= 11 is 0. The maximum absolute atomic E-state index is 11.5. The topological polar surface area (TPSA) is 58.4 Å². The summed E-state index contributed by atoms with van der Waals surface area (Å²) in [4.78, 5) is 13.1. The average molecular weight is 211 g/mol. The number of aromatic nitrogens is 2. The zero-order valence-corrected chi connectivity index (χ0v) is 9.13. The van der Waals surface area contributed by atoms with E-state index < -0.39 is 6.10 Å². The fourth-order valence-corrected chi connectivity index (χ4v) is 1.33. The molecule has 1 unspecified atom stereocenters. The van der Waals surface area contributed by atoms with E-state index in [1.807, 2.05) is 12.3 Å². The number of aliphatic hydroxyl groups is 1. The molecule has 1 rings (SSSR count). The van der Waals surface area contributed by atoms with Gasteiger partial charge in [-0.2, -0.15) is 5.10 Å². The van der Waals surface area contributed by atoms with Crippen LogP contribution in [0, 0.1) is 0 Å². The lowest BCUT2D eigenvalue weighted by atomic mass is 10.3. The van der Waals surface area contributed by atoms with Crippen LogP contribution in [0.25, 0.3) is 0 Å². The molecule has 1 aromatic heterocycles. The zero-order valence-electron chi connectivity index (χ0n) is 9.13. The molecule has 0 saturated heterocycles. The quantitative estimate of drug-likeness (QED) is 0.752. The number of aryl methyl sites for hydroxylation is 1. The van der Waals surface area contributed by atoms with Crippen LogP contribution in [0.15, 0.2) is 18.5 Å². The van der Waals surface area contributed by atoms with Crippen molar-refractivity contribution in [3.63, 3.8) is 0 Å². The van der Waals surface area contributed by atoms with Gasteiger partial charge in [0.2, 0.25) is 5.91 Å². The molecule has 0 aliphatic carbocycles. The summed E-state index contributed by atoms with van der Waals surface area (Å²) in [6.07, 6.45) is 3.43. The van der Waals surface area contributed by atoms with Gasteiger partial charge in [0.25, 0.3) is 0 Å². The Morgan fingerprint density at radius 1 is 1.67 bits per heavy atom. The number of carbonyl (C=O) groups excluding carboxylic acids is 1. The minimum absolute atomic E-state index is 0.0198. The Hall–Kier alpha value is -1.36. The SMILES string of the molecule is CC(O)CN(C)C(=O)CCn1cccn1. The van der Waals surface area contributed by atoms with Gasteiger partial charge < -0.3 is 10.0 Å². The molecular formula is C10H17N3O2. The fourth-order valence-electron chi connectivity index (χ4n) is 1.33. The normalized spacial score (nSPS) is 12.5. The second kappa shape index (κ2) is 5.50. The van der Waals surface area contributed by atoms with E-state index in [4.69, 9.17) is 5.11 Å². The number of carbonyl (C=O) groups is 1. The molecule has 1 aromatic rings. The van der Waals surface area contributed by atoms with E-state index in [9.17, 15) is 4.79 Å². The smallest absolute Gasteiger partial charge is 0.224 e. The Bertz CT molecular complexity index is 296. The van der Waals surface area contributed by atoms with Gasteiger partial charge in [-0.3, -0.25) is 9.48 Å². The molecule has 0 aliphatic rings. The number of nitrogens with zero attached hydrogens (tertiary/aromatic N) is 3. The first-order valence-corrected chi connectivity index (χ1v) is 4.99. The lowest BCUT2D eigenvalue weighted by Crippen LogP contribution is -2.33. The minimum Gasteiger partial charge on any atom is -0.392 e. The van der Waals surface area contributed by atoms with Crippen molar-refractivity contribution in [1.29, 1.82) is 0 Å². The maximum atomic E-state index is 11.5. The fraction of sp³-hybridized carbons (Fsp3) is 0.600. The minimum atomic E-state index is -0.483. The summed E-state index contributed by atoms with van der Waals surface area (Å²) in [6, 6.07) is 1.82. The Balaban J connectivity index is 2.29. The highest BCUT2D eigenvalue weighted by Crippen LogP contribution is 1.96. The number of aliphatic hydroxyl groups excluding tert-OH is 1. The monoisotopic (exact) mass is 211 g/mol. The molecule has 1 atom stereocenters. The molecular weight excluding hydrogens is 194 g/mol. The van der Waals surface area contributed by atoms with E-state index in [0.29, 0.717) is 19.5 Å². The molecule has 5 heteroatoms. The standard InChI is InChI=1S/C10H17N3O2/c1-9(14)8-12(2)10(15)4-7-13-6-3-5-11-13/h3,5-6,9,14H,4,7-8H2,1-2H3. The second-order valence-electron chi connectivity index (χ2n) is 3.64. The highest BCUT2D eigenvalue weighted by Gasteiger charge is 2.10. The van der Waals surface area contributed by atoms with Crippen LogP contribution in [0.1, 0.15) is 13.3 Å². The van der Waals surface area contributed by atoms with E-state index in [1.165, 1.54) is 4.90 Å². The molecule has 5 nitrogen and oxygen atoms in total. The van der Waals surface area contributed by atoms with Gasteiger partial charge >= 0.3 is 0 Å². The van der Waals surface area contributed by atoms with Crippen molar-refractivity contribution in [2.75, 3.05) is 13.6 Å². The van der Waals surface area contributed by atoms with E-state index in [2.05, 4.69) is 5.10 Å². The summed E-state index contributed by atoms with van der Waals surface area (Å²) in [5.41, 5.74) is 0. The van der Waals surface area contributed by atoms with Gasteiger partial charge in [-0.1, -0.05) is 0 Å². The van der Waals surface area contributed by atoms with Crippen LogP contribution in [-0.4, -0.2) is 45.4 Å². The van der Waals surface area contributed by atoms with Gasteiger partial charge in [0.15, 0.2) is 0 Å². The van der Waals surface area contributed by atoms with Gasteiger partial charge in [0.1, 0.15) is 0 Å². The van der Waals surface area contributed by atoms with Gasteiger partial charge in [-0.25, -0.2) is 0 Å². The Morgan fingerprint density at radius 2 is 2.40 bits per heavy atom. The highest BCUT2D eigenvalue weighted by molar-refractivity contribution is 5.75. The molecule has 1 heterocycles. The van der Waals surface area contributed by atoms with E-state index in [1.54, 1.807) is 24.9 Å². The van der Waals surface area contributed by atoms with Gasteiger partial charge in [-0.05, 0) is 13.0 Å². The van der Waals surface area contributed by atoms with Crippen LogP contribution in [-0.2, 0) is 11.3 Å². The second-order valence-corrected chi connectivity index (χ2v) is 3.64. The van der Waals surface area contributed by atoms with E-state index in [0.717, 1.165) is 0 Å². The Morgan fingerprint density at radius 3 is 2.93 bits per heavy atom. The third-order valence-electron chi connectivity index (χ3n) is 2.08. The van der Waals surface area contributed by atoms with Crippen molar-refractivity contribution < 1.29 is 9.90 Å². The number of amides is 1. The van der Waals surface area contributed by atoms with Crippen molar-refractivity contribution in [2.24, 2.45) is 0 Å². The molecule has 0 radical (unpaired) electrons. The number of rotatable bonds is 5. The van der Waals surface area contributed by atoms with Crippen molar-refractivity contribution in [2.45, 2.75) is 26.0 Å². The number of hydrogen-bond acceptors (Lipinski definition) is 3. The molecule has 0 aliphatic heterocycles. The third-order valence-corrected chi connectivity index (χ3v) is 2.08. The maximum Gasteiger partial charge on any atom is 0.224 e. The summed E-state index contributed by atoms with van der Waals surface area (Å²) in [7, 11) is 1.69. The summed E-state index contributed by atoms with van der Waals surface area (Å²) in [5, 5.41) is 13.1. The number of hydrogen-bond donors (Lipinski definition) is 1. The molecule has 0 spiro atoms. The predicted octanol–water partition coefficient (Wildman–Crippen LogP) is 0.112. The summed E-state index contributed by atoms with van der Waals surface area (Å²) in [5.74, 6) is 0.0198. The first-order valence-electron chi connectivity index (χ1n) is 4.99. The van der Waals surface area contributed by atoms with Crippen LogP contribution in [0.4, 0.5) is 0 Å². The van der Waals surface area contributed by atoms with Crippen LogP contribution in [0.5, 0.6) is 0 Å². The van der Waals surface area contributed by atoms with Crippen LogP contribution < -0.4 is 0 Å². The lowest BCUT2D eigenvalue weighted by Gasteiger charge is -2.18. The van der Waals surface area contributed by atoms with Crippen molar-refractivity contribution >= 4 is 5.91 Å². The average Bonchev–Trinajstić information content (AvgIpc) is 2.65. The molecule has 15 heavy (non-hydrogen) atoms. The molecule has 0 saturated carbocycles. The van der Waals surface area contributed by atoms with E-state index >= 15 is 0 Å². The Kier molecular flexibility index (Phi) is 4.30.